The van der Waals surface area contributed by atoms with E-state index in [-0.39, 0.29) is 12.1 Å². The first kappa shape index (κ1) is 18.6. The maximum atomic E-state index is 11.9. The van der Waals surface area contributed by atoms with Gasteiger partial charge in [-0.25, -0.2) is 9.59 Å². The highest BCUT2D eigenvalue weighted by Gasteiger charge is 2.21. The fourth-order valence-electron chi connectivity index (χ4n) is 2.46. The van der Waals surface area contributed by atoms with Crippen molar-refractivity contribution in [3.05, 3.63) is 52.2 Å². The minimum Gasteiger partial charge on any atom is -0.448 e. The predicted octanol–water partition coefficient (Wildman–Crippen LogP) is 3.76. The number of carbonyl (C=O) groups is 2. The number of cyclic esters (lactones) is 1. The van der Waals surface area contributed by atoms with Gasteiger partial charge in [0.1, 0.15) is 6.61 Å². The van der Waals surface area contributed by atoms with E-state index < -0.39 is 0 Å². The normalized spacial score (nSPS) is 13.5. The van der Waals surface area contributed by atoms with Crippen molar-refractivity contribution in [2.45, 2.75) is 12.3 Å². The lowest BCUT2D eigenvalue weighted by atomic mass is 10.2. The third kappa shape index (κ3) is 5.67. The minimum atomic E-state index is -0.275. The Morgan fingerprint density at radius 1 is 1.27 bits per heavy atom. The molecule has 1 aliphatic rings. The highest BCUT2D eigenvalue weighted by atomic mass is 32.2. The Bertz CT molecular complexity index is 720. The zero-order valence-corrected chi connectivity index (χ0v) is 15.9. The van der Waals surface area contributed by atoms with Crippen LogP contribution in [0.1, 0.15) is 10.4 Å². The number of benzene rings is 1. The van der Waals surface area contributed by atoms with Gasteiger partial charge in [0.05, 0.1) is 6.54 Å². The highest BCUT2D eigenvalue weighted by molar-refractivity contribution is 7.98. The van der Waals surface area contributed by atoms with Crippen molar-refractivity contribution >= 4 is 40.9 Å². The first-order valence-electron chi connectivity index (χ1n) is 8.36. The molecule has 0 aliphatic carbocycles. The summed E-state index contributed by atoms with van der Waals surface area (Å²) in [6.45, 7) is 2.21. The Balaban J connectivity index is 1.34. The van der Waals surface area contributed by atoms with E-state index in [2.05, 4.69) is 22.1 Å². The van der Waals surface area contributed by atoms with Crippen molar-refractivity contribution in [1.29, 1.82) is 0 Å². The lowest BCUT2D eigenvalue weighted by Gasteiger charge is -2.13. The fraction of sp³-hybridized carbons (Fsp3) is 0.333. The molecule has 1 aromatic heterocycles. The van der Waals surface area contributed by atoms with Crippen LogP contribution in [-0.4, -0.2) is 42.5 Å². The maximum absolute atomic E-state index is 11.9. The number of hydrogen-bond acceptors (Lipinski definition) is 5. The number of rotatable bonds is 8. The molecule has 1 fully saturated rings. The molecule has 138 valence electrons. The number of anilines is 1. The van der Waals surface area contributed by atoms with Crippen molar-refractivity contribution < 1.29 is 14.3 Å². The van der Waals surface area contributed by atoms with Gasteiger partial charge in [-0.3, -0.25) is 0 Å². The van der Waals surface area contributed by atoms with Crippen molar-refractivity contribution in [3.8, 4) is 0 Å². The molecule has 3 rings (SSSR count). The van der Waals surface area contributed by atoms with Crippen LogP contribution in [0.25, 0.3) is 0 Å². The van der Waals surface area contributed by atoms with Gasteiger partial charge in [-0.2, -0.15) is 11.8 Å². The van der Waals surface area contributed by atoms with Crippen LogP contribution in [0, 0.1) is 0 Å². The quantitative estimate of drug-likeness (QED) is 0.672. The summed E-state index contributed by atoms with van der Waals surface area (Å²) >= 11 is 3.55. The molecule has 2 aromatic rings. The van der Waals surface area contributed by atoms with Crippen molar-refractivity contribution in [3.63, 3.8) is 0 Å². The zero-order chi connectivity index (χ0) is 18.2. The molecule has 0 atom stereocenters. The largest absolute Gasteiger partial charge is 0.448 e. The summed E-state index contributed by atoms with van der Waals surface area (Å²) in [6, 6.07) is 11.4. The molecule has 8 heteroatoms. The molecule has 0 radical (unpaired) electrons. The zero-order valence-electron chi connectivity index (χ0n) is 14.3. The van der Waals surface area contributed by atoms with Crippen molar-refractivity contribution in [2.24, 2.45) is 0 Å². The Hall–Kier alpha value is -2.19. The average molecular weight is 392 g/mol. The summed E-state index contributed by atoms with van der Waals surface area (Å²) in [5.41, 5.74) is 1.72. The summed E-state index contributed by atoms with van der Waals surface area (Å²) in [5.74, 6) is 1.85. The Labute approximate surface area is 160 Å². The average Bonchev–Trinajstić information content (AvgIpc) is 3.29. The number of urea groups is 1. The number of nitrogens with zero attached hydrogens (tertiary/aromatic N) is 1. The second-order valence-electron chi connectivity index (χ2n) is 5.75. The van der Waals surface area contributed by atoms with E-state index >= 15 is 0 Å². The molecule has 1 saturated heterocycles. The number of nitrogens with one attached hydrogen (secondary N) is 2. The van der Waals surface area contributed by atoms with E-state index in [4.69, 9.17) is 4.74 Å². The van der Waals surface area contributed by atoms with Gasteiger partial charge in [-0.05, 0) is 29.1 Å². The topological polar surface area (TPSA) is 70.7 Å². The van der Waals surface area contributed by atoms with Crippen LogP contribution in [0.15, 0.2) is 41.8 Å². The van der Waals surface area contributed by atoms with Crippen molar-refractivity contribution in [1.82, 2.24) is 10.2 Å². The van der Waals surface area contributed by atoms with E-state index in [1.807, 2.05) is 30.3 Å². The number of carbonyl (C=O) groups excluding carboxylic acids is 2. The van der Waals surface area contributed by atoms with Crippen LogP contribution >= 0.6 is 23.1 Å². The summed E-state index contributed by atoms with van der Waals surface area (Å²) in [4.78, 5) is 26.4. The van der Waals surface area contributed by atoms with Gasteiger partial charge < -0.3 is 20.3 Å². The molecule has 3 amide bonds. The lowest BCUT2D eigenvalue weighted by Crippen LogP contribution is -2.30. The molecule has 0 unspecified atom stereocenters. The first-order chi connectivity index (χ1) is 12.7. The van der Waals surface area contributed by atoms with Crippen LogP contribution in [0.5, 0.6) is 0 Å². The SMILES string of the molecule is O=C(NCCSCc1cccs1)Nc1ccc(CN2CCOC2=O)cc1. The van der Waals surface area contributed by atoms with Crippen LogP contribution in [0.3, 0.4) is 0 Å². The number of thiophene rings is 1. The first-order valence-corrected chi connectivity index (χ1v) is 10.4. The van der Waals surface area contributed by atoms with Gasteiger partial charge in [-0.1, -0.05) is 18.2 Å². The molecule has 6 nitrogen and oxygen atoms in total. The number of amides is 3. The molecule has 0 bridgehead atoms. The Morgan fingerprint density at radius 3 is 2.81 bits per heavy atom. The van der Waals surface area contributed by atoms with Gasteiger partial charge in [0.15, 0.2) is 0 Å². The molecule has 0 saturated carbocycles. The van der Waals surface area contributed by atoms with E-state index in [0.717, 1.165) is 22.8 Å². The third-order valence-corrected chi connectivity index (χ3v) is 5.85. The molecule has 2 N–H and O–H groups in total. The number of thioether (sulfide) groups is 1. The molecule has 1 aliphatic heterocycles. The van der Waals surface area contributed by atoms with Gasteiger partial charge in [0.2, 0.25) is 0 Å². The van der Waals surface area contributed by atoms with Crippen molar-refractivity contribution in [2.75, 3.05) is 30.8 Å². The monoisotopic (exact) mass is 391 g/mol. The Morgan fingerprint density at radius 2 is 2.12 bits per heavy atom. The highest BCUT2D eigenvalue weighted by Crippen LogP contribution is 2.16. The van der Waals surface area contributed by atoms with Crippen LogP contribution < -0.4 is 10.6 Å². The number of ether oxygens (including phenoxy) is 1. The van der Waals surface area contributed by atoms with Gasteiger partial charge in [0.25, 0.3) is 0 Å². The molecule has 0 spiro atoms. The molecule has 1 aromatic carbocycles. The summed E-state index contributed by atoms with van der Waals surface area (Å²) in [6.07, 6.45) is -0.275. The second-order valence-corrected chi connectivity index (χ2v) is 7.88. The van der Waals surface area contributed by atoms with Gasteiger partial charge in [0, 0.05) is 35.2 Å². The summed E-state index contributed by atoms with van der Waals surface area (Å²) in [5, 5.41) is 7.74. The summed E-state index contributed by atoms with van der Waals surface area (Å²) in [7, 11) is 0. The van der Waals surface area contributed by atoms with E-state index in [1.165, 1.54) is 4.88 Å². The third-order valence-electron chi connectivity index (χ3n) is 3.79. The van der Waals surface area contributed by atoms with E-state index in [0.29, 0.717) is 26.2 Å². The molecule has 26 heavy (non-hydrogen) atoms. The fourth-order valence-corrected chi connectivity index (χ4v) is 4.16. The molecular formula is C18H21N3O3S2. The lowest BCUT2D eigenvalue weighted by molar-refractivity contribution is 0.157. The summed E-state index contributed by atoms with van der Waals surface area (Å²) < 4.78 is 4.91. The van der Waals surface area contributed by atoms with Gasteiger partial charge >= 0.3 is 12.1 Å². The van der Waals surface area contributed by atoms with Gasteiger partial charge in [-0.15, -0.1) is 11.3 Å². The second kappa shape index (κ2) is 9.49. The Kier molecular flexibility index (Phi) is 6.79. The molecular weight excluding hydrogens is 370 g/mol. The maximum Gasteiger partial charge on any atom is 0.410 e. The van der Waals surface area contributed by atoms with Crippen LogP contribution in [-0.2, 0) is 17.0 Å². The standard InChI is InChI=1S/C18H21N3O3S2/c22-17(19-7-11-25-13-16-2-1-10-26-16)20-15-5-3-14(4-6-15)12-21-8-9-24-18(21)23/h1-6,10H,7-9,11-13H2,(H2,19,20,22). The smallest absolute Gasteiger partial charge is 0.410 e. The predicted molar refractivity (Wildman–Crippen MR) is 106 cm³/mol. The number of hydrogen-bond donors (Lipinski definition) is 2. The molecule has 2 heterocycles. The van der Waals surface area contributed by atoms with E-state index in [9.17, 15) is 9.59 Å². The van der Waals surface area contributed by atoms with Crippen LogP contribution in [0.4, 0.5) is 15.3 Å². The van der Waals surface area contributed by atoms with E-state index in [1.54, 1.807) is 28.0 Å². The minimum absolute atomic E-state index is 0.211. The van der Waals surface area contributed by atoms with Crippen LogP contribution in [0.2, 0.25) is 0 Å².